The summed E-state index contributed by atoms with van der Waals surface area (Å²) in [6.45, 7) is 0. The Morgan fingerprint density at radius 2 is 0.633 bits per heavy atom. The maximum absolute atomic E-state index is 1.73. The second kappa shape index (κ2) is 13.4. The van der Waals surface area contributed by atoms with Gasteiger partial charge in [0.1, 0.15) is 0 Å². The SMILES string of the molecule is C1CCC(C2CC3CCC(C4CC5CCCCC5C5CC6CCC(C7C8CCCCC8C8CCC9CCCCC9C87)CC6C45)CC3C2)CC1. The van der Waals surface area contributed by atoms with Crippen LogP contribution in [0.1, 0.15) is 186 Å². The van der Waals surface area contributed by atoms with Crippen molar-refractivity contribution < 1.29 is 0 Å². The van der Waals surface area contributed by atoms with Crippen LogP contribution in [0.4, 0.5) is 0 Å². The van der Waals surface area contributed by atoms with Crippen LogP contribution in [0.2, 0.25) is 0 Å². The maximum Gasteiger partial charge on any atom is -0.0318 e. The Morgan fingerprint density at radius 3 is 1.47 bits per heavy atom. The minimum absolute atomic E-state index is 1.13. The summed E-state index contributed by atoms with van der Waals surface area (Å²) < 4.78 is 0. The highest BCUT2D eigenvalue weighted by atomic mass is 14.7. The average Bonchev–Trinajstić information content (AvgIpc) is 3.87. The van der Waals surface area contributed by atoms with Gasteiger partial charge < -0.3 is 0 Å². The Kier molecular flexibility index (Phi) is 8.86. The van der Waals surface area contributed by atoms with Crippen molar-refractivity contribution in [3.8, 4) is 0 Å². The summed E-state index contributed by atoms with van der Waals surface area (Å²) in [5.74, 6) is 22.9. The number of rotatable bonds is 3. The lowest BCUT2D eigenvalue weighted by molar-refractivity contribution is -0.0439. The van der Waals surface area contributed by atoms with Gasteiger partial charge in [-0.3, -0.25) is 0 Å². The second-order valence-corrected chi connectivity index (χ2v) is 22.5. The third-order valence-corrected chi connectivity index (χ3v) is 21.3. The van der Waals surface area contributed by atoms with Crippen molar-refractivity contribution in [3.63, 3.8) is 0 Å². The van der Waals surface area contributed by atoms with E-state index >= 15 is 0 Å². The highest BCUT2D eigenvalue weighted by molar-refractivity contribution is 5.10. The highest BCUT2D eigenvalue weighted by Gasteiger charge is 2.61. The lowest BCUT2D eigenvalue weighted by Crippen LogP contribution is -2.46. The molecule has 11 aliphatic rings. The summed E-state index contributed by atoms with van der Waals surface area (Å²) in [5.41, 5.74) is 0. The third-order valence-electron chi connectivity index (χ3n) is 21.3. The van der Waals surface area contributed by atoms with E-state index in [9.17, 15) is 0 Å². The molecule has 0 aromatic rings. The van der Waals surface area contributed by atoms with Crippen LogP contribution in [-0.2, 0) is 0 Å². The van der Waals surface area contributed by atoms with Crippen LogP contribution < -0.4 is 0 Å². The molecule has 0 bridgehead atoms. The van der Waals surface area contributed by atoms with Gasteiger partial charge in [-0.2, -0.15) is 0 Å². The first-order valence-corrected chi connectivity index (χ1v) is 24.3. The molecule has 0 aliphatic heterocycles. The summed E-state index contributed by atoms with van der Waals surface area (Å²) >= 11 is 0. The first-order chi connectivity index (χ1) is 24.3. The highest BCUT2D eigenvalue weighted by Crippen LogP contribution is 2.69. The normalized spacial score (nSPS) is 57.2. The average molecular weight is 667 g/mol. The molecule has 274 valence electrons. The maximum atomic E-state index is 1.73. The molecule has 0 saturated heterocycles. The minimum Gasteiger partial charge on any atom is -0.0533 e. The molecule has 0 heteroatoms. The van der Waals surface area contributed by atoms with Crippen LogP contribution in [0.25, 0.3) is 0 Å². The van der Waals surface area contributed by atoms with E-state index in [0.717, 1.165) is 112 Å². The molecule has 0 aromatic carbocycles. The summed E-state index contributed by atoms with van der Waals surface area (Å²) in [6, 6.07) is 0. The molecule has 0 spiro atoms. The molecular formula is C49H78. The predicted molar refractivity (Wildman–Crippen MR) is 204 cm³/mol. The molecule has 0 N–H and O–H groups in total. The van der Waals surface area contributed by atoms with E-state index in [1.54, 1.807) is 180 Å². The molecule has 0 amide bonds. The lowest BCUT2D eigenvalue weighted by atomic mass is 9.52. The van der Waals surface area contributed by atoms with Crippen LogP contribution >= 0.6 is 0 Å². The first kappa shape index (κ1) is 32.4. The van der Waals surface area contributed by atoms with Crippen molar-refractivity contribution >= 4 is 0 Å². The molecule has 49 heavy (non-hydrogen) atoms. The fourth-order valence-electron chi connectivity index (χ4n) is 19.9. The minimum atomic E-state index is 1.13. The summed E-state index contributed by atoms with van der Waals surface area (Å²) in [7, 11) is 0. The van der Waals surface area contributed by atoms with Crippen LogP contribution in [0.3, 0.4) is 0 Å². The van der Waals surface area contributed by atoms with Gasteiger partial charge in [-0.05, 0) is 221 Å². The molecule has 11 aliphatic carbocycles. The van der Waals surface area contributed by atoms with Gasteiger partial charge in [-0.1, -0.05) is 83.5 Å². The zero-order valence-electron chi connectivity index (χ0n) is 32.1. The van der Waals surface area contributed by atoms with Crippen molar-refractivity contribution in [3.05, 3.63) is 0 Å². The standard InChI is InChI=1S/C49H78/c1-2-10-30(11-3-1)37-24-32-18-19-34(25-38(32)26-37)44-27-33-13-5-6-14-39(33)46-28-35-20-21-36(29-45(35)48(44)46)47-42-17-9-8-16-41(42)43-23-22-31-12-4-7-15-40(31)49(43)47/h30-49H,1-29H2. The monoisotopic (exact) mass is 667 g/mol. The van der Waals surface area contributed by atoms with Crippen LogP contribution in [-0.4, -0.2) is 0 Å². The zero-order valence-corrected chi connectivity index (χ0v) is 32.1. The van der Waals surface area contributed by atoms with Gasteiger partial charge in [0.15, 0.2) is 0 Å². The Balaban J connectivity index is 0.864. The molecule has 11 saturated carbocycles. The van der Waals surface area contributed by atoms with Gasteiger partial charge in [0, 0.05) is 0 Å². The Bertz CT molecular complexity index is 1150. The molecule has 0 aromatic heterocycles. The van der Waals surface area contributed by atoms with Crippen LogP contribution in [0.15, 0.2) is 0 Å². The Hall–Kier alpha value is 0. The van der Waals surface area contributed by atoms with Gasteiger partial charge in [0.05, 0.1) is 0 Å². The van der Waals surface area contributed by atoms with E-state index in [4.69, 9.17) is 0 Å². The topological polar surface area (TPSA) is 0 Å². The van der Waals surface area contributed by atoms with E-state index in [1.165, 1.54) is 12.3 Å². The van der Waals surface area contributed by atoms with E-state index in [1.807, 2.05) is 0 Å². The van der Waals surface area contributed by atoms with Gasteiger partial charge in [-0.25, -0.2) is 0 Å². The summed E-state index contributed by atoms with van der Waals surface area (Å²) in [4.78, 5) is 0. The van der Waals surface area contributed by atoms with Crippen molar-refractivity contribution in [2.45, 2.75) is 186 Å². The van der Waals surface area contributed by atoms with Crippen molar-refractivity contribution in [2.24, 2.45) is 118 Å². The molecule has 11 rings (SSSR count). The molecule has 0 heterocycles. The van der Waals surface area contributed by atoms with Gasteiger partial charge >= 0.3 is 0 Å². The zero-order chi connectivity index (χ0) is 32.1. The number of fused-ring (bicyclic) bond motifs is 11. The smallest absolute Gasteiger partial charge is 0.0318 e. The van der Waals surface area contributed by atoms with Crippen LogP contribution in [0, 0.1) is 118 Å². The van der Waals surface area contributed by atoms with Gasteiger partial charge in [0.25, 0.3) is 0 Å². The summed E-state index contributed by atoms with van der Waals surface area (Å²) in [5, 5.41) is 0. The quantitative estimate of drug-likeness (QED) is 0.281. The van der Waals surface area contributed by atoms with Crippen LogP contribution in [0.5, 0.6) is 0 Å². The van der Waals surface area contributed by atoms with Gasteiger partial charge in [0.2, 0.25) is 0 Å². The first-order valence-electron chi connectivity index (χ1n) is 24.3. The van der Waals surface area contributed by atoms with Gasteiger partial charge in [-0.15, -0.1) is 0 Å². The van der Waals surface area contributed by atoms with Crippen molar-refractivity contribution in [1.29, 1.82) is 0 Å². The van der Waals surface area contributed by atoms with E-state index in [2.05, 4.69) is 0 Å². The molecule has 0 nitrogen and oxygen atoms in total. The molecule has 11 fully saturated rings. The lowest BCUT2D eigenvalue weighted by Gasteiger charge is -2.53. The molecule has 0 radical (unpaired) electrons. The van der Waals surface area contributed by atoms with E-state index < -0.39 is 0 Å². The predicted octanol–water partition coefficient (Wildman–Crippen LogP) is 13.8. The Morgan fingerprint density at radius 1 is 0.163 bits per heavy atom. The fourth-order valence-corrected chi connectivity index (χ4v) is 19.9. The number of hydrogen-bond acceptors (Lipinski definition) is 0. The molecule has 19 unspecified atom stereocenters. The Labute approximate surface area is 303 Å². The van der Waals surface area contributed by atoms with E-state index in [0.29, 0.717) is 0 Å². The van der Waals surface area contributed by atoms with Crippen molar-refractivity contribution in [1.82, 2.24) is 0 Å². The van der Waals surface area contributed by atoms with Crippen molar-refractivity contribution in [2.75, 3.05) is 0 Å². The molecule has 19 atom stereocenters. The summed E-state index contributed by atoms with van der Waals surface area (Å²) in [6.07, 6.45) is 47.2. The fraction of sp³-hybridized carbons (Fsp3) is 1.00. The number of hydrogen-bond donors (Lipinski definition) is 0. The second-order valence-electron chi connectivity index (χ2n) is 22.5. The largest absolute Gasteiger partial charge is 0.0533 e. The van der Waals surface area contributed by atoms with E-state index in [-0.39, 0.29) is 0 Å². The third kappa shape index (κ3) is 5.49. The molecular weight excluding hydrogens is 589 g/mol.